The number of allylic oxidation sites excluding steroid dienone is 5. The first-order valence-electron chi connectivity index (χ1n) is 3.51. The smallest absolute Gasteiger partial charge is 0.168 e. The van der Waals surface area contributed by atoms with Gasteiger partial charge in [0.15, 0.2) is 5.78 Å². The van der Waals surface area contributed by atoms with Crippen LogP contribution in [0.25, 0.3) is 0 Å². The highest BCUT2D eigenvalue weighted by Crippen LogP contribution is 2.21. The first kappa shape index (κ1) is 6.28. The number of hydrogen-bond donors (Lipinski definition) is 0. The maximum Gasteiger partial charge on any atom is 0.168 e. The number of nitrogens with zero attached hydrogens (tertiary/aromatic N) is 1. The van der Waals surface area contributed by atoms with E-state index in [-0.39, 0.29) is 11.7 Å². The summed E-state index contributed by atoms with van der Waals surface area (Å²) in [7, 11) is 0. The number of hydrogen-bond acceptors (Lipinski definition) is 2. The number of ketones is 1. The van der Waals surface area contributed by atoms with Crippen LogP contribution in [0.2, 0.25) is 0 Å². The molecule has 0 N–H and O–H groups in total. The first-order chi connectivity index (χ1) is 5.38. The third-order valence-corrected chi connectivity index (χ3v) is 1.77. The maximum atomic E-state index is 11.2. The van der Waals surface area contributed by atoms with E-state index in [0.29, 0.717) is 0 Å². The Morgan fingerprint density at radius 2 is 2.27 bits per heavy atom. The lowest BCUT2D eigenvalue weighted by molar-refractivity contribution is -0.116. The average molecular weight is 145 g/mol. The molecule has 54 valence electrons. The van der Waals surface area contributed by atoms with Crippen molar-refractivity contribution in [2.24, 2.45) is 10.9 Å². The zero-order valence-corrected chi connectivity index (χ0v) is 5.90. The zero-order chi connectivity index (χ0) is 7.68. The summed E-state index contributed by atoms with van der Waals surface area (Å²) < 4.78 is 0. The van der Waals surface area contributed by atoms with Gasteiger partial charge in [-0.15, -0.1) is 0 Å². The van der Waals surface area contributed by atoms with Crippen molar-refractivity contribution in [2.45, 2.75) is 0 Å². The van der Waals surface area contributed by atoms with E-state index in [1.54, 1.807) is 24.4 Å². The molecule has 0 aromatic rings. The van der Waals surface area contributed by atoms with Crippen LogP contribution < -0.4 is 0 Å². The van der Waals surface area contributed by atoms with Crippen molar-refractivity contribution in [2.75, 3.05) is 0 Å². The van der Waals surface area contributed by atoms with E-state index in [0.717, 1.165) is 5.70 Å². The molecule has 0 aromatic heterocycles. The van der Waals surface area contributed by atoms with Crippen LogP contribution in [0.5, 0.6) is 0 Å². The van der Waals surface area contributed by atoms with E-state index in [1.807, 2.05) is 12.2 Å². The van der Waals surface area contributed by atoms with Gasteiger partial charge in [-0.05, 0) is 18.2 Å². The maximum absolute atomic E-state index is 11.2. The van der Waals surface area contributed by atoms with E-state index >= 15 is 0 Å². The number of carbonyl (C=O) groups excluding carboxylic acids is 1. The molecule has 0 saturated carbocycles. The molecule has 1 heterocycles. The minimum absolute atomic E-state index is 0.120. The molecule has 0 fully saturated rings. The molecule has 2 nitrogen and oxygen atoms in total. The minimum atomic E-state index is -0.120. The fourth-order valence-corrected chi connectivity index (χ4v) is 1.20. The Labute approximate surface area is 64.6 Å². The predicted molar refractivity (Wildman–Crippen MR) is 43.4 cm³/mol. The Bertz CT molecular complexity index is 308. The van der Waals surface area contributed by atoms with Crippen molar-refractivity contribution >= 4 is 12.0 Å². The second kappa shape index (κ2) is 2.31. The largest absolute Gasteiger partial charge is 0.294 e. The number of dihydropyridines is 1. The lowest BCUT2D eigenvalue weighted by Gasteiger charge is -2.14. The fraction of sp³-hybridized carbons (Fsp3) is 0.111. The van der Waals surface area contributed by atoms with Gasteiger partial charge in [0, 0.05) is 6.21 Å². The standard InChI is InChI=1S/C9H7NO/c11-9-5-1-4-8-7(9)3-2-6-10-8/h1-7H. The van der Waals surface area contributed by atoms with Crippen molar-refractivity contribution in [3.8, 4) is 0 Å². The van der Waals surface area contributed by atoms with Gasteiger partial charge in [-0.3, -0.25) is 9.79 Å². The van der Waals surface area contributed by atoms with Crippen molar-refractivity contribution in [3.63, 3.8) is 0 Å². The molecule has 0 saturated heterocycles. The van der Waals surface area contributed by atoms with Gasteiger partial charge in [0.1, 0.15) is 0 Å². The molecular weight excluding hydrogens is 138 g/mol. The van der Waals surface area contributed by atoms with Crippen LogP contribution in [-0.2, 0) is 4.79 Å². The summed E-state index contributed by atoms with van der Waals surface area (Å²) in [5, 5.41) is 0. The normalized spacial score (nSPS) is 26.7. The summed E-state index contributed by atoms with van der Waals surface area (Å²) in [4.78, 5) is 15.3. The number of aliphatic imine (C=N–C) groups is 1. The molecule has 1 aliphatic carbocycles. The quantitative estimate of drug-likeness (QED) is 0.504. The van der Waals surface area contributed by atoms with Gasteiger partial charge < -0.3 is 0 Å². The van der Waals surface area contributed by atoms with Crippen molar-refractivity contribution in [1.82, 2.24) is 0 Å². The first-order valence-corrected chi connectivity index (χ1v) is 3.51. The summed E-state index contributed by atoms with van der Waals surface area (Å²) in [6, 6.07) is 0. The van der Waals surface area contributed by atoms with Crippen LogP contribution in [0.4, 0.5) is 0 Å². The molecular formula is C9H7NO. The van der Waals surface area contributed by atoms with Crippen molar-refractivity contribution < 1.29 is 4.79 Å². The SMILES string of the molecule is O=C1C=CC=C2N=CC=CC12. The summed E-state index contributed by atoms with van der Waals surface area (Å²) in [5.41, 5.74) is 0.847. The van der Waals surface area contributed by atoms with E-state index in [4.69, 9.17) is 0 Å². The molecule has 0 radical (unpaired) electrons. The van der Waals surface area contributed by atoms with E-state index in [9.17, 15) is 4.79 Å². The number of carbonyl (C=O) groups is 1. The highest BCUT2D eigenvalue weighted by Gasteiger charge is 2.20. The third kappa shape index (κ3) is 0.963. The molecule has 0 amide bonds. The van der Waals surface area contributed by atoms with Crippen LogP contribution in [0.1, 0.15) is 0 Å². The van der Waals surface area contributed by atoms with Gasteiger partial charge in [0.05, 0.1) is 11.6 Å². The van der Waals surface area contributed by atoms with Gasteiger partial charge in [0.2, 0.25) is 0 Å². The van der Waals surface area contributed by atoms with Crippen molar-refractivity contribution in [1.29, 1.82) is 0 Å². The molecule has 0 spiro atoms. The van der Waals surface area contributed by atoms with Gasteiger partial charge in [-0.2, -0.15) is 0 Å². The molecule has 0 aromatic carbocycles. The van der Waals surface area contributed by atoms with Crippen molar-refractivity contribution in [3.05, 3.63) is 36.1 Å². The topological polar surface area (TPSA) is 29.4 Å². The molecule has 1 atom stereocenters. The van der Waals surface area contributed by atoms with Gasteiger partial charge in [0.25, 0.3) is 0 Å². The average Bonchev–Trinajstić information content (AvgIpc) is 2.06. The van der Waals surface area contributed by atoms with Crippen LogP contribution in [0.3, 0.4) is 0 Å². The molecule has 2 heteroatoms. The minimum Gasteiger partial charge on any atom is -0.294 e. The molecule has 1 aliphatic heterocycles. The highest BCUT2D eigenvalue weighted by molar-refractivity contribution is 5.98. The van der Waals surface area contributed by atoms with E-state index in [1.165, 1.54) is 0 Å². The predicted octanol–water partition coefficient (Wildman–Crippen LogP) is 1.27. The fourth-order valence-electron chi connectivity index (χ4n) is 1.20. The Hall–Kier alpha value is -1.44. The highest BCUT2D eigenvalue weighted by atomic mass is 16.1. The molecule has 1 unspecified atom stereocenters. The second-order valence-electron chi connectivity index (χ2n) is 2.49. The van der Waals surface area contributed by atoms with Crippen LogP contribution in [-0.4, -0.2) is 12.0 Å². The Balaban J connectivity index is 2.43. The van der Waals surface area contributed by atoms with E-state index in [2.05, 4.69) is 4.99 Å². The zero-order valence-electron chi connectivity index (χ0n) is 5.90. The Morgan fingerprint density at radius 1 is 1.36 bits per heavy atom. The lowest BCUT2D eigenvalue weighted by Crippen LogP contribution is -2.15. The van der Waals surface area contributed by atoms with Gasteiger partial charge >= 0.3 is 0 Å². The number of rotatable bonds is 0. The Kier molecular flexibility index (Phi) is 1.32. The molecule has 11 heavy (non-hydrogen) atoms. The third-order valence-electron chi connectivity index (χ3n) is 1.77. The summed E-state index contributed by atoms with van der Waals surface area (Å²) in [6.45, 7) is 0. The summed E-state index contributed by atoms with van der Waals surface area (Å²) in [5.74, 6) is 0.000556. The Morgan fingerprint density at radius 3 is 3.09 bits per heavy atom. The van der Waals surface area contributed by atoms with Gasteiger partial charge in [-0.25, -0.2) is 0 Å². The van der Waals surface area contributed by atoms with Crippen LogP contribution in [0.15, 0.2) is 41.1 Å². The van der Waals surface area contributed by atoms with Crippen LogP contribution in [0, 0.1) is 5.92 Å². The molecule has 0 bridgehead atoms. The van der Waals surface area contributed by atoms with Gasteiger partial charge in [-0.1, -0.05) is 12.2 Å². The summed E-state index contributed by atoms with van der Waals surface area (Å²) >= 11 is 0. The second-order valence-corrected chi connectivity index (χ2v) is 2.49. The number of fused-ring (bicyclic) bond motifs is 1. The molecule has 2 rings (SSSR count). The monoisotopic (exact) mass is 145 g/mol. The molecule has 2 aliphatic rings. The summed E-state index contributed by atoms with van der Waals surface area (Å²) in [6.07, 6.45) is 10.6. The van der Waals surface area contributed by atoms with Crippen LogP contribution >= 0.6 is 0 Å². The van der Waals surface area contributed by atoms with E-state index < -0.39 is 0 Å². The lowest BCUT2D eigenvalue weighted by atomic mass is 9.94.